The average molecular weight is 336 g/mol. The lowest BCUT2D eigenvalue weighted by atomic mass is 10.4. The fraction of sp³-hybridized carbons (Fsp3) is 0.600. The van der Waals surface area contributed by atoms with Crippen LogP contribution in [-0.2, 0) is 12.8 Å². The molecule has 0 spiro atoms. The van der Waals surface area contributed by atoms with E-state index in [2.05, 4.69) is 37.7 Å². The van der Waals surface area contributed by atoms with Crippen LogP contribution in [-0.4, -0.2) is 40.7 Å². The Kier molecular flexibility index (Phi) is 6.52. The average Bonchev–Trinajstić information content (AvgIpc) is 3.05. The largest absolute Gasteiger partial charge is 0.357 e. The number of guanidine groups is 1. The van der Waals surface area contributed by atoms with Gasteiger partial charge in [0.05, 0.1) is 10.7 Å². The van der Waals surface area contributed by atoms with E-state index in [1.165, 1.54) is 4.88 Å². The first-order chi connectivity index (χ1) is 11.1. The van der Waals surface area contributed by atoms with E-state index in [4.69, 9.17) is 4.52 Å². The van der Waals surface area contributed by atoms with Crippen molar-refractivity contribution in [3.63, 3.8) is 0 Å². The maximum Gasteiger partial charge on any atom is 0.228 e. The number of aryl methyl sites for hydroxylation is 3. The van der Waals surface area contributed by atoms with Crippen LogP contribution in [0.25, 0.3) is 0 Å². The number of thiazole rings is 1. The zero-order valence-electron chi connectivity index (χ0n) is 14.1. The third-order valence-corrected chi connectivity index (χ3v) is 4.35. The van der Waals surface area contributed by atoms with Crippen LogP contribution in [0.4, 0.5) is 0 Å². The summed E-state index contributed by atoms with van der Waals surface area (Å²) in [6.45, 7) is 10.2. The van der Waals surface area contributed by atoms with Crippen LogP contribution in [0.5, 0.6) is 0 Å². The Hall–Kier alpha value is -1.96. The minimum atomic E-state index is 0.639. The summed E-state index contributed by atoms with van der Waals surface area (Å²) in [4.78, 5) is 14.6. The molecule has 2 heterocycles. The summed E-state index contributed by atoms with van der Waals surface area (Å²) in [6, 6.07) is 0. The summed E-state index contributed by atoms with van der Waals surface area (Å²) in [5, 5.41) is 11.4. The Bertz CT molecular complexity index is 629. The second kappa shape index (κ2) is 8.61. The molecule has 0 atom stereocenters. The number of aliphatic imine (C=N–C) groups is 1. The fourth-order valence-electron chi connectivity index (χ4n) is 1.98. The minimum absolute atomic E-state index is 0.639. The highest BCUT2D eigenvalue weighted by molar-refractivity contribution is 7.11. The molecule has 126 valence electrons. The molecule has 23 heavy (non-hydrogen) atoms. The zero-order valence-corrected chi connectivity index (χ0v) is 15.0. The molecular weight excluding hydrogens is 312 g/mol. The molecule has 0 saturated heterocycles. The SMILES string of the molecule is CCNC(=NCCc1nc(C)c(C)s1)NCCc1nc(C)no1. The van der Waals surface area contributed by atoms with Gasteiger partial charge in [-0.2, -0.15) is 4.98 Å². The zero-order chi connectivity index (χ0) is 16.7. The summed E-state index contributed by atoms with van der Waals surface area (Å²) in [7, 11) is 0. The molecule has 7 nitrogen and oxygen atoms in total. The lowest BCUT2D eigenvalue weighted by molar-refractivity contribution is 0.374. The van der Waals surface area contributed by atoms with Crippen molar-refractivity contribution in [1.29, 1.82) is 0 Å². The number of nitrogens with zero attached hydrogens (tertiary/aromatic N) is 4. The van der Waals surface area contributed by atoms with Crippen LogP contribution in [0.15, 0.2) is 9.52 Å². The lowest BCUT2D eigenvalue weighted by Gasteiger charge is -2.09. The Morgan fingerprint density at radius 2 is 2.00 bits per heavy atom. The monoisotopic (exact) mass is 336 g/mol. The van der Waals surface area contributed by atoms with Crippen LogP contribution in [0.3, 0.4) is 0 Å². The van der Waals surface area contributed by atoms with Crippen molar-refractivity contribution in [2.75, 3.05) is 19.6 Å². The van der Waals surface area contributed by atoms with E-state index in [1.54, 1.807) is 11.3 Å². The highest BCUT2D eigenvalue weighted by Gasteiger charge is 2.05. The van der Waals surface area contributed by atoms with Crippen molar-refractivity contribution in [2.24, 2.45) is 4.99 Å². The van der Waals surface area contributed by atoms with Crippen molar-refractivity contribution in [1.82, 2.24) is 25.8 Å². The van der Waals surface area contributed by atoms with Crippen LogP contribution in [0.1, 0.15) is 34.2 Å². The van der Waals surface area contributed by atoms with Gasteiger partial charge in [-0.1, -0.05) is 5.16 Å². The van der Waals surface area contributed by atoms with E-state index in [0.29, 0.717) is 31.2 Å². The molecule has 2 aromatic rings. The third kappa shape index (κ3) is 5.63. The Balaban J connectivity index is 1.79. The molecule has 2 rings (SSSR count). The van der Waals surface area contributed by atoms with E-state index in [-0.39, 0.29) is 0 Å². The maximum absolute atomic E-state index is 5.09. The molecule has 0 aromatic carbocycles. The lowest BCUT2D eigenvalue weighted by Crippen LogP contribution is -2.38. The van der Waals surface area contributed by atoms with E-state index in [9.17, 15) is 0 Å². The summed E-state index contributed by atoms with van der Waals surface area (Å²) < 4.78 is 5.09. The topological polar surface area (TPSA) is 88.2 Å². The standard InChI is InChI=1S/C15H24N6OS/c1-5-16-15(17-8-6-13-20-12(4)21-22-13)18-9-7-14-19-10(2)11(3)23-14/h5-9H2,1-4H3,(H2,16,17,18). The van der Waals surface area contributed by atoms with Gasteiger partial charge in [-0.15, -0.1) is 11.3 Å². The van der Waals surface area contributed by atoms with Gasteiger partial charge in [0.2, 0.25) is 5.89 Å². The minimum Gasteiger partial charge on any atom is -0.357 e. The van der Waals surface area contributed by atoms with Gasteiger partial charge in [-0.25, -0.2) is 4.98 Å². The van der Waals surface area contributed by atoms with Crippen molar-refractivity contribution >= 4 is 17.3 Å². The molecular formula is C15H24N6OS. The second-order valence-corrected chi connectivity index (χ2v) is 6.46. The highest BCUT2D eigenvalue weighted by Crippen LogP contribution is 2.16. The Morgan fingerprint density at radius 1 is 1.17 bits per heavy atom. The van der Waals surface area contributed by atoms with Gasteiger partial charge in [0.1, 0.15) is 0 Å². The van der Waals surface area contributed by atoms with E-state index in [1.807, 2.05) is 20.8 Å². The molecule has 2 aromatic heterocycles. The summed E-state index contributed by atoms with van der Waals surface area (Å²) >= 11 is 1.75. The predicted octanol–water partition coefficient (Wildman–Crippen LogP) is 1.79. The molecule has 0 aliphatic carbocycles. The number of aromatic nitrogens is 3. The van der Waals surface area contributed by atoms with Gasteiger partial charge >= 0.3 is 0 Å². The fourth-order valence-corrected chi connectivity index (χ4v) is 2.90. The molecule has 0 aliphatic heterocycles. The van der Waals surface area contributed by atoms with Crippen LogP contribution in [0, 0.1) is 20.8 Å². The van der Waals surface area contributed by atoms with Gasteiger partial charge in [0.15, 0.2) is 11.8 Å². The van der Waals surface area contributed by atoms with Crippen molar-refractivity contribution < 1.29 is 4.52 Å². The summed E-state index contributed by atoms with van der Waals surface area (Å²) in [6.07, 6.45) is 1.54. The van der Waals surface area contributed by atoms with E-state index >= 15 is 0 Å². The molecule has 0 amide bonds. The van der Waals surface area contributed by atoms with Gasteiger partial charge in [0.25, 0.3) is 0 Å². The molecule has 0 aliphatic rings. The maximum atomic E-state index is 5.09. The first-order valence-corrected chi connectivity index (χ1v) is 8.64. The van der Waals surface area contributed by atoms with Crippen molar-refractivity contribution in [3.8, 4) is 0 Å². The number of hydrogen-bond acceptors (Lipinski definition) is 6. The Morgan fingerprint density at radius 3 is 2.61 bits per heavy atom. The summed E-state index contributed by atoms with van der Waals surface area (Å²) in [5.74, 6) is 2.10. The van der Waals surface area contributed by atoms with Crippen LogP contribution < -0.4 is 10.6 Å². The number of hydrogen-bond donors (Lipinski definition) is 2. The van der Waals surface area contributed by atoms with E-state index < -0.39 is 0 Å². The number of rotatable bonds is 7. The molecule has 0 unspecified atom stereocenters. The highest BCUT2D eigenvalue weighted by atomic mass is 32.1. The van der Waals surface area contributed by atoms with E-state index in [0.717, 1.165) is 29.6 Å². The van der Waals surface area contributed by atoms with Crippen LogP contribution >= 0.6 is 11.3 Å². The van der Waals surface area contributed by atoms with Gasteiger partial charge in [-0.05, 0) is 27.7 Å². The molecule has 8 heteroatoms. The Labute approximate surface area is 140 Å². The second-order valence-electron chi connectivity index (χ2n) is 5.17. The van der Waals surface area contributed by atoms with Crippen LogP contribution in [0.2, 0.25) is 0 Å². The van der Waals surface area contributed by atoms with Gasteiger partial charge < -0.3 is 15.2 Å². The molecule has 0 radical (unpaired) electrons. The smallest absolute Gasteiger partial charge is 0.228 e. The molecule has 0 fully saturated rings. The predicted molar refractivity (Wildman–Crippen MR) is 92.0 cm³/mol. The molecule has 0 bridgehead atoms. The third-order valence-electron chi connectivity index (χ3n) is 3.21. The van der Waals surface area contributed by atoms with Crippen molar-refractivity contribution in [2.45, 2.75) is 40.5 Å². The first-order valence-electron chi connectivity index (χ1n) is 7.82. The van der Waals surface area contributed by atoms with Crippen molar-refractivity contribution in [3.05, 3.63) is 27.3 Å². The van der Waals surface area contributed by atoms with Gasteiger partial charge in [0, 0.05) is 37.4 Å². The molecule has 0 saturated carbocycles. The normalized spacial score (nSPS) is 11.7. The summed E-state index contributed by atoms with van der Waals surface area (Å²) in [5.41, 5.74) is 1.12. The number of nitrogens with one attached hydrogen (secondary N) is 2. The van der Waals surface area contributed by atoms with Gasteiger partial charge in [-0.3, -0.25) is 4.99 Å². The quantitative estimate of drug-likeness (QED) is 0.592. The first kappa shape index (κ1) is 17.4. The molecule has 2 N–H and O–H groups in total.